The van der Waals surface area contributed by atoms with Crippen LogP contribution >= 0.6 is 0 Å². The Balaban J connectivity index is 2.04. The summed E-state index contributed by atoms with van der Waals surface area (Å²) in [5.74, 6) is 1.33. The largest absolute Gasteiger partial charge is 0.338 e. The number of nitrogens with zero attached hydrogens (tertiary/aromatic N) is 2. The Bertz CT molecular complexity index is 259. The van der Waals surface area contributed by atoms with Gasteiger partial charge in [0, 0.05) is 19.1 Å². The van der Waals surface area contributed by atoms with E-state index in [2.05, 4.69) is 34.6 Å². The Morgan fingerprint density at radius 2 is 2.14 bits per heavy atom. The summed E-state index contributed by atoms with van der Waals surface area (Å²) in [6.45, 7) is 8.56. The molecule has 14 heavy (non-hydrogen) atoms. The lowest BCUT2D eigenvalue weighted by Crippen LogP contribution is -2.31. The smallest absolute Gasteiger partial charge is 0.240 e. The van der Waals surface area contributed by atoms with Gasteiger partial charge in [-0.05, 0) is 6.92 Å². The molecule has 2 N–H and O–H groups in total. The van der Waals surface area contributed by atoms with Crippen LogP contribution in [0.5, 0.6) is 0 Å². The van der Waals surface area contributed by atoms with Crippen LogP contribution < -0.4 is 10.6 Å². The van der Waals surface area contributed by atoms with E-state index in [9.17, 15) is 0 Å². The highest BCUT2D eigenvalue weighted by Gasteiger charge is 2.00. The molecule has 0 atom stereocenters. The highest BCUT2D eigenvalue weighted by atomic mass is 16.5. The Labute approximate surface area is 84.3 Å². The van der Waals surface area contributed by atoms with Crippen LogP contribution in [0.1, 0.15) is 25.6 Å². The van der Waals surface area contributed by atoms with Gasteiger partial charge in [0.05, 0.1) is 6.54 Å². The maximum atomic E-state index is 4.95. The fourth-order valence-electron chi connectivity index (χ4n) is 1.06. The quantitative estimate of drug-likeness (QED) is 0.650. The molecule has 0 bridgehead atoms. The first kappa shape index (κ1) is 11.1. The summed E-state index contributed by atoms with van der Waals surface area (Å²) in [5.41, 5.74) is 0. The van der Waals surface area contributed by atoms with E-state index in [0.29, 0.717) is 24.3 Å². The molecule has 0 amide bonds. The van der Waals surface area contributed by atoms with Crippen molar-refractivity contribution in [2.75, 3.05) is 13.1 Å². The van der Waals surface area contributed by atoms with Gasteiger partial charge in [-0.1, -0.05) is 19.0 Å². The molecular formula is C9H18N4O. The molecule has 0 radical (unpaired) electrons. The molecule has 0 aliphatic rings. The first-order valence-electron chi connectivity index (χ1n) is 4.92. The van der Waals surface area contributed by atoms with E-state index in [4.69, 9.17) is 4.52 Å². The van der Waals surface area contributed by atoms with Crippen LogP contribution in [0.2, 0.25) is 0 Å². The third-order valence-electron chi connectivity index (χ3n) is 1.70. The Kier molecular flexibility index (Phi) is 4.55. The average Bonchev–Trinajstić information content (AvgIpc) is 2.50. The molecule has 1 aromatic rings. The Morgan fingerprint density at radius 3 is 2.71 bits per heavy atom. The van der Waals surface area contributed by atoms with Gasteiger partial charge in [-0.25, -0.2) is 0 Å². The SMILES string of the molecule is Cc1noc(CNCCNC(C)C)n1. The minimum absolute atomic E-state index is 0.530. The lowest BCUT2D eigenvalue weighted by atomic mass is 10.4. The molecule has 0 aromatic carbocycles. The van der Waals surface area contributed by atoms with E-state index in [-0.39, 0.29) is 0 Å². The van der Waals surface area contributed by atoms with Crippen molar-refractivity contribution in [2.24, 2.45) is 0 Å². The fraction of sp³-hybridized carbons (Fsp3) is 0.778. The Hall–Kier alpha value is -0.940. The van der Waals surface area contributed by atoms with Crippen LogP contribution in [0.25, 0.3) is 0 Å². The number of rotatable bonds is 6. The molecule has 5 heteroatoms. The summed E-state index contributed by atoms with van der Waals surface area (Å²) >= 11 is 0. The zero-order valence-electron chi connectivity index (χ0n) is 9.00. The minimum atomic E-state index is 0.530. The number of hydrogen-bond donors (Lipinski definition) is 2. The van der Waals surface area contributed by atoms with Crippen LogP contribution in [0, 0.1) is 6.92 Å². The highest BCUT2D eigenvalue weighted by molar-refractivity contribution is 4.81. The van der Waals surface area contributed by atoms with Crippen molar-refractivity contribution in [3.8, 4) is 0 Å². The van der Waals surface area contributed by atoms with E-state index in [0.717, 1.165) is 13.1 Å². The molecule has 0 unspecified atom stereocenters. The van der Waals surface area contributed by atoms with Gasteiger partial charge in [0.1, 0.15) is 0 Å². The molecular weight excluding hydrogens is 180 g/mol. The molecule has 0 aliphatic carbocycles. The summed E-state index contributed by atoms with van der Waals surface area (Å²) in [6, 6.07) is 0.530. The van der Waals surface area contributed by atoms with Crippen LogP contribution in [0.3, 0.4) is 0 Å². The van der Waals surface area contributed by atoms with Gasteiger partial charge in [-0.15, -0.1) is 0 Å². The second kappa shape index (κ2) is 5.72. The van der Waals surface area contributed by atoms with Gasteiger partial charge in [-0.3, -0.25) is 0 Å². The summed E-state index contributed by atoms with van der Waals surface area (Å²) in [6.07, 6.45) is 0. The molecule has 80 valence electrons. The molecule has 0 saturated heterocycles. The lowest BCUT2D eigenvalue weighted by Gasteiger charge is -2.07. The predicted molar refractivity (Wildman–Crippen MR) is 53.9 cm³/mol. The molecule has 0 fully saturated rings. The number of aromatic nitrogens is 2. The maximum absolute atomic E-state index is 4.95. The van der Waals surface area contributed by atoms with Crippen LogP contribution in [0.4, 0.5) is 0 Å². The van der Waals surface area contributed by atoms with Crippen LogP contribution in [0.15, 0.2) is 4.52 Å². The van der Waals surface area contributed by atoms with Gasteiger partial charge in [0.25, 0.3) is 0 Å². The monoisotopic (exact) mass is 198 g/mol. The molecule has 0 saturated carbocycles. The summed E-state index contributed by atoms with van der Waals surface area (Å²) in [7, 11) is 0. The Morgan fingerprint density at radius 1 is 1.36 bits per heavy atom. The normalized spacial score (nSPS) is 11.1. The first-order chi connectivity index (χ1) is 6.68. The van der Waals surface area contributed by atoms with Gasteiger partial charge in [0.2, 0.25) is 5.89 Å². The standard InChI is InChI=1S/C9H18N4O/c1-7(2)11-5-4-10-6-9-12-8(3)13-14-9/h7,10-11H,4-6H2,1-3H3. The van der Waals surface area contributed by atoms with Gasteiger partial charge in [0.15, 0.2) is 5.82 Å². The average molecular weight is 198 g/mol. The van der Waals surface area contributed by atoms with E-state index in [1.54, 1.807) is 0 Å². The number of hydrogen-bond acceptors (Lipinski definition) is 5. The molecule has 5 nitrogen and oxygen atoms in total. The predicted octanol–water partition coefficient (Wildman–Crippen LogP) is 0.466. The molecule has 0 aliphatic heterocycles. The highest BCUT2D eigenvalue weighted by Crippen LogP contribution is 1.93. The van der Waals surface area contributed by atoms with Crippen molar-refractivity contribution < 1.29 is 4.52 Å². The van der Waals surface area contributed by atoms with Crippen molar-refractivity contribution >= 4 is 0 Å². The fourth-order valence-corrected chi connectivity index (χ4v) is 1.06. The van der Waals surface area contributed by atoms with Gasteiger partial charge >= 0.3 is 0 Å². The molecule has 1 rings (SSSR count). The maximum Gasteiger partial charge on any atom is 0.240 e. The zero-order valence-corrected chi connectivity index (χ0v) is 9.00. The van der Waals surface area contributed by atoms with E-state index < -0.39 is 0 Å². The number of aryl methyl sites for hydroxylation is 1. The number of nitrogens with one attached hydrogen (secondary N) is 2. The first-order valence-corrected chi connectivity index (χ1v) is 4.92. The van der Waals surface area contributed by atoms with Crippen LogP contribution in [-0.4, -0.2) is 29.3 Å². The van der Waals surface area contributed by atoms with Crippen molar-refractivity contribution in [2.45, 2.75) is 33.4 Å². The molecule has 1 aromatic heterocycles. The van der Waals surface area contributed by atoms with Crippen molar-refractivity contribution in [1.29, 1.82) is 0 Å². The summed E-state index contributed by atoms with van der Waals surface area (Å²) in [5, 5.41) is 10.2. The third kappa shape index (κ3) is 4.34. The van der Waals surface area contributed by atoms with Crippen molar-refractivity contribution in [3.05, 3.63) is 11.7 Å². The second-order valence-electron chi connectivity index (χ2n) is 3.52. The van der Waals surface area contributed by atoms with Gasteiger partial charge in [-0.2, -0.15) is 4.98 Å². The van der Waals surface area contributed by atoms with Crippen molar-refractivity contribution in [1.82, 2.24) is 20.8 Å². The summed E-state index contributed by atoms with van der Waals surface area (Å²) < 4.78 is 4.95. The van der Waals surface area contributed by atoms with E-state index in [1.807, 2.05) is 6.92 Å². The molecule has 0 spiro atoms. The lowest BCUT2D eigenvalue weighted by molar-refractivity contribution is 0.363. The topological polar surface area (TPSA) is 63.0 Å². The van der Waals surface area contributed by atoms with E-state index >= 15 is 0 Å². The third-order valence-corrected chi connectivity index (χ3v) is 1.70. The van der Waals surface area contributed by atoms with E-state index in [1.165, 1.54) is 0 Å². The van der Waals surface area contributed by atoms with Crippen LogP contribution in [-0.2, 0) is 6.54 Å². The minimum Gasteiger partial charge on any atom is -0.338 e. The van der Waals surface area contributed by atoms with Crippen molar-refractivity contribution in [3.63, 3.8) is 0 Å². The zero-order chi connectivity index (χ0) is 10.4. The molecule has 1 heterocycles. The second-order valence-corrected chi connectivity index (χ2v) is 3.52. The summed E-state index contributed by atoms with van der Waals surface area (Å²) in [4.78, 5) is 4.08. The van der Waals surface area contributed by atoms with Gasteiger partial charge < -0.3 is 15.2 Å².